The maximum Gasteiger partial charge on any atom is 0.239 e. The number of methoxy groups -OCH3 is 3. The number of amides is 1. The predicted octanol–water partition coefficient (Wildman–Crippen LogP) is 3.30. The van der Waals surface area contributed by atoms with E-state index in [0.717, 1.165) is 41.8 Å². The van der Waals surface area contributed by atoms with Gasteiger partial charge in [-0.3, -0.25) is 4.79 Å². The van der Waals surface area contributed by atoms with Gasteiger partial charge in [-0.15, -0.1) is 0 Å². The van der Waals surface area contributed by atoms with Crippen LogP contribution in [-0.2, 0) is 11.2 Å². The van der Waals surface area contributed by atoms with Crippen LogP contribution in [0.1, 0.15) is 48.2 Å². The molecule has 8 nitrogen and oxygen atoms in total. The fraction of sp³-hybridized carbons (Fsp3) is 0.400. The summed E-state index contributed by atoms with van der Waals surface area (Å²) in [6.45, 7) is 0. The number of nitrogens with one attached hydrogen (secondary N) is 4. The summed E-state index contributed by atoms with van der Waals surface area (Å²) in [5, 5.41) is 4.45. The van der Waals surface area contributed by atoms with Crippen molar-refractivity contribution >= 4 is 16.8 Å². The molecule has 2 heterocycles. The molecular weight excluding hydrogens is 420 g/mol. The summed E-state index contributed by atoms with van der Waals surface area (Å²) < 4.78 is 16.1. The number of hydrazine groups is 1. The number of carbonyl (C=O) groups is 1. The maximum atomic E-state index is 13.1. The van der Waals surface area contributed by atoms with Gasteiger partial charge in [-0.05, 0) is 67.1 Å². The lowest BCUT2D eigenvalue weighted by atomic mass is 9.91. The smallest absolute Gasteiger partial charge is 0.239 e. The Balaban J connectivity index is 1.29. The zero-order chi connectivity index (χ0) is 22.9. The summed E-state index contributed by atoms with van der Waals surface area (Å²) >= 11 is 0. The predicted molar refractivity (Wildman–Crippen MR) is 126 cm³/mol. The zero-order valence-electron chi connectivity index (χ0n) is 19.2. The third-order valence-corrected chi connectivity index (χ3v) is 6.76. The van der Waals surface area contributed by atoms with E-state index in [-0.39, 0.29) is 24.0 Å². The molecule has 33 heavy (non-hydrogen) atoms. The lowest BCUT2D eigenvalue weighted by Crippen LogP contribution is -2.45. The summed E-state index contributed by atoms with van der Waals surface area (Å²) in [5.41, 5.74) is 10.9. The molecule has 1 fully saturated rings. The van der Waals surface area contributed by atoms with Crippen LogP contribution in [-0.4, -0.2) is 38.3 Å². The van der Waals surface area contributed by atoms with Gasteiger partial charge in [0.05, 0.1) is 27.4 Å². The molecule has 0 spiro atoms. The molecule has 5 rings (SSSR count). The van der Waals surface area contributed by atoms with Gasteiger partial charge in [0, 0.05) is 22.6 Å². The third kappa shape index (κ3) is 4.00. The van der Waals surface area contributed by atoms with E-state index in [0.29, 0.717) is 17.9 Å². The van der Waals surface area contributed by atoms with Crippen LogP contribution in [0.15, 0.2) is 36.4 Å². The first-order chi connectivity index (χ1) is 16.1. The van der Waals surface area contributed by atoms with E-state index >= 15 is 0 Å². The van der Waals surface area contributed by atoms with E-state index in [1.165, 1.54) is 10.9 Å². The number of aromatic amines is 1. The number of H-pyrrole nitrogens is 1. The number of aromatic nitrogens is 1. The number of fused-ring (bicyclic) bond motifs is 3. The third-order valence-electron chi connectivity index (χ3n) is 6.76. The van der Waals surface area contributed by atoms with Crippen molar-refractivity contribution in [3.05, 3.63) is 53.2 Å². The Kier molecular flexibility index (Phi) is 5.86. The van der Waals surface area contributed by atoms with Crippen LogP contribution >= 0.6 is 0 Å². The Bertz CT molecular complexity index is 1170. The molecule has 0 radical (unpaired) electrons. The van der Waals surface area contributed by atoms with Crippen LogP contribution in [0.25, 0.3) is 10.9 Å². The van der Waals surface area contributed by atoms with Crippen molar-refractivity contribution in [1.29, 1.82) is 0 Å². The van der Waals surface area contributed by atoms with Crippen molar-refractivity contribution in [1.82, 2.24) is 21.2 Å². The molecule has 1 aromatic heterocycles. The quantitative estimate of drug-likeness (QED) is 0.460. The van der Waals surface area contributed by atoms with Gasteiger partial charge >= 0.3 is 0 Å². The molecule has 2 aromatic carbocycles. The van der Waals surface area contributed by atoms with Crippen LogP contribution in [0.5, 0.6) is 17.2 Å². The topological polar surface area (TPSA) is 96.6 Å². The average molecular weight is 451 g/mol. The Labute approximate surface area is 193 Å². The first kappa shape index (κ1) is 21.6. The summed E-state index contributed by atoms with van der Waals surface area (Å²) in [6.07, 6.45) is 3.60. The molecule has 2 aliphatic rings. The summed E-state index contributed by atoms with van der Waals surface area (Å²) in [4.78, 5) is 16.7. The molecule has 4 N–H and O–H groups in total. The SMILES string of the molecule is COc1ccc2[nH]c3c(c2c1)CCCC3NC(=O)C1CC(c2ccc(OC)c(OC)c2)NN1. The molecule has 8 heteroatoms. The van der Waals surface area contributed by atoms with E-state index in [4.69, 9.17) is 14.2 Å². The van der Waals surface area contributed by atoms with Gasteiger partial charge in [0.25, 0.3) is 0 Å². The second-order valence-electron chi connectivity index (χ2n) is 8.63. The fourth-order valence-electron chi connectivity index (χ4n) is 5.00. The van der Waals surface area contributed by atoms with Crippen LogP contribution < -0.4 is 30.4 Å². The highest BCUT2D eigenvalue weighted by Crippen LogP contribution is 2.37. The molecule has 0 saturated carbocycles. The monoisotopic (exact) mass is 450 g/mol. The Morgan fingerprint density at radius 3 is 2.64 bits per heavy atom. The summed E-state index contributed by atoms with van der Waals surface area (Å²) in [5.74, 6) is 2.21. The minimum atomic E-state index is -0.321. The maximum absolute atomic E-state index is 13.1. The van der Waals surface area contributed by atoms with Crippen LogP contribution in [0.4, 0.5) is 0 Å². The van der Waals surface area contributed by atoms with E-state index in [1.807, 2.05) is 30.3 Å². The first-order valence-corrected chi connectivity index (χ1v) is 11.3. The van der Waals surface area contributed by atoms with Gasteiger partial charge < -0.3 is 24.5 Å². The van der Waals surface area contributed by atoms with E-state index in [1.54, 1.807) is 21.3 Å². The van der Waals surface area contributed by atoms with Gasteiger partial charge in [0.15, 0.2) is 11.5 Å². The number of carbonyl (C=O) groups excluding carboxylic acids is 1. The molecule has 3 unspecified atom stereocenters. The number of benzene rings is 2. The number of ether oxygens (including phenoxy) is 3. The lowest BCUT2D eigenvalue weighted by molar-refractivity contribution is -0.123. The van der Waals surface area contributed by atoms with E-state index in [9.17, 15) is 4.79 Å². The van der Waals surface area contributed by atoms with Gasteiger partial charge in [0.1, 0.15) is 11.8 Å². The number of rotatable bonds is 6. The second-order valence-corrected chi connectivity index (χ2v) is 8.63. The van der Waals surface area contributed by atoms with Crippen molar-refractivity contribution < 1.29 is 19.0 Å². The van der Waals surface area contributed by atoms with Crippen LogP contribution in [0.3, 0.4) is 0 Å². The van der Waals surface area contributed by atoms with E-state index in [2.05, 4.69) is 27.2 Å². The molecular formula is C25H30N4O4. The van der Waals surface area contributed by atoms with Crippen LogP contribution in [0, 0.1) is 0 Å². The minimum absolute atomic E-state index is 0.000404. The number of hydrogen-bond acceptors (Lipinski definition) is 6. The molecule has 174 valence electrons. The van der Waals surface area contributed by atoms with Crippen molar-refractivity contribution in [3.63, 3.8) is 0 Å². The first-order valence-electron chi connectivity index (χ1n) is 11.3. The standard InChI is InChI=1S/C25H30N4O4/c1-31-15-8-9-18-17(12-15)16-5-4-6-19(24(16)26-18)27-25(30)21-13-20(28-29-21)14-7-10-22(32-2)23(11-14)33-3/h7-12,19-21,26,28-29H,4-6,13H2,1-3H3,(H,27,30). The zero-order valence-corrected chi connectivity index (χ0v) is 19.2. The molecule has 1 saturated heterocycles. The van der Waals surface area contributed by atoms with Crippen LogP contribution in [0.2, 0.25) is 0 Å². The van der Waals surface area contributed by atoms with E-state index < -0.39 is 0 Å². The Hall–Kier alpha value is -3.23. The van der Waals surface area contributed by atoms with Crippen molar-refractivity contribution in [2.75, 3.05) is 21.3 Å². The second kappa shape index (κ2) is 8.96. The molecule has 1 aliphatic heterocycles. The fourth-order valence-corrected chi connectivity index (χ4v) is 5.00. The average Bonchev–Trinajstić information content (AvgIpc) is 3.49. The van der Waals surface area contributed by atoms with Crippen molar-refractivity contribution in [3.8, 4) is 17.2 Å². The van der Waals surface area contributed by atoms with Gasteiger partial charge in [-0.25, -0.2) is 10.9 Å². The van der Waals surface area contributed by atoms with Gasteiger partial charge in [-0.2, -0.15) is 0 Å². The largest absolute Gasteiger partial charge is 0.497 e. The Morgan fingerprint density at radius 1 is 1.00 bits per heavy atom. The van der Waals surface area contributed by atoms with Crippen molar-refractivity contribution in [2.45, 2.75) is 43.8 Å². The molecule has 1 aliphatic carbocycles. The normalized spacial score (nSPS) is 22.1. The van der Waals surface area contributed by atoms with Gasteiger partial charge in [-0.1, -0.05) is 6.07 Å². The molecule has 0 bridgehead atoms. The van der Waals surface area contributed by atoms with Gasteiger partial charge in [0.2, 0.25) is 5.91 Å². The number of aryl methyl sites for hydroxylation is 1. The lowest BCUT2D eigenvalue weighted by Gasteiger charge is -2.25. The molecule has 3 aromatic rings. The number of hydrogen-bond donors (Lipinski definition) is 4. The summed E-state index contributed by atoms with van der Waals surface area (Å²) in [6, 6.07) is 11.6. The highest BCUT2D eigenvalue weighted by Gasteiger charge is 2.33. The minimum Gasteiger partial charge on any atom is -0.497 e. The highest BCUT2D eigenvalue weighted by atomic mass is 16.5. The highest BCUT2D eigenvalue weighted by molar-refractivity contribution is 5.87. The molecule has 1 amide bonds. The van der Waals surface area contributed by atoms with Crippen molar-refractivity contribution in [2.24, 2.45) is 0 Å². The molecule has 3 atom stereocenters. The Morgan fingerprint density at radius 2 is 1.85 bits per heavy atom. The summed E-state index contributed by atoms with van der Waals surface area (Å²) in [7, 11) is 4.92.